The van der Waals surface area contributed by atoms with Crippen molar-refractivity contribution in [1.82, 2.24) is 15.0 Å². The molecule has 0 fully saturated rings. The fraction of sp³-hybridized carbons (Fsp3) is 0.438. The maximum atomic E-state index is 5.39. The summed E-state index contributed by atoms with van der Waals surface area (Å²) < 4.78 is 5.39. The van der Waals surface area contributed by atoms with Crippen LogP contribution in [0.15, 0.2) is 24.4 Å². The molecule has 0 atom stereocenters. The number of pyridine rings is 1. The number of hydrogen-bond donors (Lipinski definition) is 1. The van der Waals surface area contributed by atoms with Crippen LogP contribution in [0.4, 0.5) is 5.82 Å². The molecule has 5 heteroatoms. The summed E-state index contributed by atoms with van der Waals surface area (Å²) in [6.45, 7) is 5.17. The number of aryl methyl sites for hydroxylation is 1. The zero-order chi connectivity index (χ0) is 15.1. The fourth-order valence-corrected chi connectivity index (χ4v) is 1.98. The molecule has 0 aliphatic rings. The normalized spacial score (nSPS) is 10.6. The van der Waals surface area contributed by atoms with Crippen LogP contribution in [0.3, 0.4) is 0 Å². The smallest absolute Gasteiger partial charge is 0.156 e. The Balaban J connectivity index is 2.16. The lowest BCUT2D eigenvalue weighted by molar-refractivity contribution is 0.128. The van der Waals surface area contributed by atoms with E-state index in [9.17, 15) is 0 Å². The summed E-state index contributed by atoms with van der Waals surface area (Å²) in [5.74, 6) is 1.50. The van der Waals surface area contributed by atoms with Crippen molar-refractivity contribution in [2.24, 2.45) is 0 Å². The zero-order valence-electron chi connectivity index (χ0n) is 12.9. The third kappa shape index (κ3) is 4.49. The monoisotopic (exact) mass is 286 g/mol. The Hall–Kier alpha value is -2.01. The molecule has 0 unspecified atom stereocenters. The standard InChI is InChI=1S/C16H22N4O/c1-4-12-6-7-13(18-10-12)8-14-9-15(17-3)20-16(19-14)11-21-5-2/h6-7,9-10H,4-5,8,11H2,1-3H3,(H,17,19,20). The first-order chi connectivity index (χ1) is 10.2. The number of ether oxygens (including phenoxy) is 1. The second kappa shape index (κ2) is 7.69. The van der Waals surface area contributed by atoms with Gasteiger partial charge in [-0.15, -0.1) is 0 Å². The summed E-state index contributed by atoms with van der Waals surface area (Å²) in [5.41, 5.74) is 3.20. The van der Waals surface area contributed by atoms with Crippen molar-refractivity contribution in [1.29, 1.82) is 0 Å². The SMILES string of the molecule is CCOCc1nc(Cc2ccc(CC)cn2)cc(NC)n1. The number of aromatic nitrogens is 3. The van der Waals surface area contributed by atoms with Crippen molar-refractivity contribution < 1.29 is 4.74 Å². The molecule has 112 valence electrons. The molecular formula is C16H22N4O. The van der Waals surface area contributed by atoms with E-state index in [0.29, 0.717) is 25.5 Å². The average Bonchev–Trinajstić information content (AvgIpc) is 2.53. The summed E-state index contributed by atoms with van der Waals surface area (Å²) in [7, 11) is 1.85. The van der Waals surface area contributed by atoms with Crippen molar-refractivity contribution >= 4 is 5.82 Å². The number of anilines is 1. The second-order valence-electron chi connectivity index (χ2n) is 4.74. The predicted octanol–water partition coefficient (Wildman–Crippen LogP) is 2.60. The molecule has 0 aliphatic heterocycles. The third-order valence-electron chi connectivity index (χ3n) is 3.17. The molecule has 0 bridgehead atoms. The highest BCUT2D eigenvalue weighted by molar-refractivity contribution is 5.36. The van der Waals surface area contributed by atoms with Crippen molar-refractivity contribution in [2.45, 2.75) is 33.3 Å². The topological polar surface area (TPSA) is 59.9 Å². The molecule has 1 N–H and O–H groups in total. The summed E-state index contributed by atoms with van der Waals surface area (Å²) >= 11 is 0. The van der Waals surface area contributed by atoms with Crippen LogP contribution < -0.4 is 5.32 Å². The number of nitrogens with one attached hydrogen (secondary N) is 1. The van der Waals surface area contributed by atoms with Crippen LogP contribution in [-0.4, -0.2) is 28.6 Å². The predicted molar refractivity (Wildman–Crippen MR) is 83.3 cm³/mol. The number of nitrogens with zero attached hydrogens (tertiary/aromatic N) is 3. The Kier molecular flexibility index (Phi) is 5.63. The summed E-state index contributed by atoms with van der Waals surface area (Å²) in [6, 6.07) is 6.12. The van der Waals surface area contributed by atoms with Crippen molar-refractivity contribution in [2.75, 3.05) is 19.0 Å². The molecule has 2 rings (SSSR count). The van der Waals surface area contributed by atoms with E-state index in [-0.39, 0.29) is 0 Å². The zero-order valence-corrected chi connectivity index (χ0v) is 12.9. The van der Waals surface area contributed by atoms with Gasteiger partial charge in [-0.05, 0) is 25.0 Å². The van der Waals surface area contributed by atoms with Crippen LogP contribution in [0, 0.1) is 0 Å². The van der Waals surface area contributed by atoms with Gasteiger partial charge in [-0.2, -0.15) is 0 Å². The summed E-state index contributed by atoms with van der Waals surface area (Å²) in [5, 5.41) is 3.06. The minimum absolute atomic E-state index is 0.432. The summed E-state index contributed by atoms with van der Waals surface area (Å²) in [4.78, 5) is 13.4. The summed E-state index contributed by atoms with van der Waals surface area (Å²) in [6.07, 6.45) is 3.63. The average molecular weight is 286 g/mol. The van der Waals surface area contributed by atoms with Crippen LogP contribution in [-0.2, 0) is 24.2 Å². The van der Waals surface area contributed by atoms with E-state index in [1.54, 1.807) is 0 Å². The quantitative estimate of drug-likeness (QED) is 0.847. The van der Waals surface area contributed by atoms with E-state index in [1.807, 2.05) is 26.2 Å². The Morgan fingerprint density at radius 1 is 1.14 bits per heavy atom. The molecule has 2 aromatic heterocycles. The van der Waals surface area contributed by atoms with Crippen LogP contribution in [0.5, 0.6) is 0 Å². The maximum Gasteiger partial charge on any atom is 0.156 e. The largest absolute Gasteiger partial charge is 0.374 e. The van der Waals surface area contributed by atoms with E-state index in [4.69, 9.17) is 4.74 Å². The molecule has 2 aromatic rings. The van der Waals surface area contributed by atoms with Gasteiger partial charge in [0, 0.05) is 38.0 Å². The van der Waals surface area contributed by atoms with Gasteiger partial charge >= 0.3 is 0 Å². The number of rotatable bonds is 7. The molecule has 0 amide bonds. The van der Waals surface area contributed by atoms with Gasteiger partial charge in [0.25, 0.3) is 0 Å². The molecule has 21 heavy (non-hydrogen) atoms. The van der Waals surface area contributed by atoms with E-state index >= 15 is 0 Å². The third-order valence-corrected chi connectivity index (χ3v) is 3.17. The van der Waals surface area contributed by atoms with Crippen LogP contribution in [0.1, 0.15) is 36.6 Å². The van der Waals surface area contributed by atoms with Crippen molar-refractivity contribution in [3.8, 4) is 0 Å². The first-order valence-electron chi connectivity index (χ1n) is 7.31. The molecule has 2 heterocycles. The van der Waals surface area contributed by atoms with Gasteiger partial charge in [-0.25, -0.2) is 9.97 Å². The lowest BCUT2D eigenvalue weighted by atomic mass is 10.1. The van der Waals surface area contributed by atoms with Gasteiger partial charge in [0.2, 0.25) is 0 Å². The molecular weight excluding hydrogens is 264 g/mol. The number of hydrogen-bond acceptors (Lipinski definition) is 5. The molecule has 0 saturated heterocycles. The van der Waals surface area contributed by atoms with Gasteiger partial charge in [-0.3, -0.25) is 4.98 Å². The first-order valence-corrected chi connectivity index (χ1v) is 7.31. The van der Waals surface area contributed by atoms with Crippen molar-refractivity contribution in [3.63, 3.8) is 0 Å². The van der Waals surface area contributed by atoms with Gasteiger partial charge < -0.3 is 10.1 Å². The fourth-order valence-electron chi connectivity index (χ4n) is 1.98. The Morgan fingerprint density at radius 2 is 2.00 bits per heavy atom. The van der Waals surface area contributed by atoms with Crippen LogP contribution >= 0.6 is 0 Å². The Labute approximate surface area is 125 Å². The molecule has 0 radical (unpaired) electrons. The van der Waals surface area contributed by atoms with Crippen LogP contribution in [0.2, 0.25) is 0 Å². The lowest BCUT2D eigenvalue weighted by Gasteiger charge is -2.08. The second-order valence-corrected chi connectivity index (χ2v) is 4.74. The Bertz CT molecular complexity index is 569. The van der Waals surface area contributed by atoms with E-state index in [1.165, 1.54) is 5.56 Å². The van der Waals surface area contributed by atoms with Gasteiger partial charge in [0.15, 0.2) is 5.82 Å². The lowest BCUT2D eigenvalue weighted by Crippen LogP contribution is -2.06. The highest BCUT2D eigenvalue weighted by Gasteiger charge is 2.06. The van der Waals surface area contributed by atoms with Crippen molar-refractivity contribution in [3.05, 3.63) is 47.2 Å². The molecule has 5 nitrogen and oxygen atoms in total. The minimum atomic E-state index is 0.432. The molecule has 0 aromatic carbocycles. The van der Waals surface area contributed by atoms with E-state index < -0.39 is 0 Å². The maximum absolute atomic E-state index is 5.39. The van der Waals surface area contributed by atoms with Crippen LogP contribution in [0.25, 0.3) is 0 Å². The first kappa shape index (κ1) is 15.4. The van der Waals surface area contributed by atoms with Gasteiger partial charge in [0.1, 0.15) is 12.4 Å². The molecule has 0 spiro atoms. The highest BCUT2D eigenvalue weighted by Crippen LogP contribution is 2.12. The molecule has 0 saturated carbocycles. The van der Waals surface area contributed by atoms with Gasteiger partial charge in [-0.1, -0.05) is 13.0 Å². The molecule has 0 aliphatic carbocycles. The van der Waals surface area contributed by atoms with Gasteiger partial charge in [0.05, 0.1) is 5.69 Å². The highest BCUT2D eigenvalue weighted by atomic mass is 16.5. The Morgan fingerprint density at radius 3 is 2.62 bits per heavy atom. The van der Waals surface area contributed by atoms with E-state index in [0.717, 1.165) is 23.6 Å². The minimum Gasteiger partial charge on any atom is -0.374 e. The van der Waals surface area contributed by atoms with E-state index in [2.05, 4.69) is 39.3 Å².